The van der Waals surface area contributed by atoms with Crippen molar-refractivity contribution in [3.05, 3.63) is 30.2 Å². The molecule has 0 aliphatic heterocycles. The van der Waals surface area contributed by atoms with Gasteiger partial charge in [-0.2, -0.15) is 0 Å². The number of urea groups is 1. The molecule has 0 aliphatic carbocycles. The molecule has 5 nitrogen and oxygen atoms in total. The fourth-order valence-corrected chi connectivity index (χ4v) is 1.69. The van der Waals surface area contributed by atoms with Crippen molar-refractivity contribution in [3.63, 3.8) is 0 Å². The molecule has 0 fully saturated rings. The molecule has 0 saturated heterocycles. The minimum Gasteiger partial charge on any atom is -0.441 e. The number of carbonyl (C=O) groups excluding carboxylic acids is 1. The Morgan fingerprint density at radius 3 is 2.74 bits per heavy atom. The van der Waals surface area contributed by atoms with Crippen LogP contribution in [0.1, 0.15) is 26.7 Å². The van der Waals surface area contributed by atoms with Gasteiger partial charge in [-0.1, -0.05) is 12.1 Å². The number of oxazole rings is 1. The summed E-state index contributed by atoms with van der Waals surface area (Å²) in [5, 5.41) is 5.61. The maximum absolute atomic E-state index is 11.5. The average Bonchev–Trinajstić information content (AvgIpc) is 2.68. The number of fused-ring (bicyclic) bond motifs is 1. The lowest BCUT2D eigenvalue weighted by Crippen LogP contribution is -2.46. The van der Waals surface area contributed by atoms with Gasteiger partial charge in [0.2, 0.25) is 0 Å². The summed E-state index contributed by atoms with van der Waals surface area (Å²) in [4.78, 5) is 15.9. The number of benzene rings is 1. The third-order valence-electron chi connectivity index (χ3n) is 2.45. The summed E-state index contributed by atoms with van der Waals surface area (Å²) in [5.41, 5.74) is 1.38. The van der Waals surface area contributed by atoms with Gasteiger partial charge >= 0.3 is 6.03 Å². The predicted octanol–water partition coefficient (Wildman–Crippen LogP) is 2.47. The Morgan fingerprint density at radius 2 is 2.05 bits per heavy atom. The van der Waals surface area contributed by atoms with Gasteiger partial charge in [-0.05, 0) is 32.9 Å². The lowest BCUT2D eigenvalue weighted by Gasteiger charge is -2.20. The fraction of sp³-hybridized carbons (Fsp3) is 0.429. The molecule has 2 N–H and O–H groups in total. The van der Waals surface area contributed by atoms with E-state index in [2.05, 4.69) is 15.6 Å². The van der Waals surface area contributed by atoms with Crippen LogP contribution in [0.4, 0.5) is 4.79 Å². The topological polar surface area (TPSA) is 67.2 Å². The molecule has 0 radical (unpaired) electrons. The van der Waals surface area contributed by atoms with Crippen LogP contribution in [0.3, 0.4) is 0 Å². The van der Waals surface area contributed by atoms with E-state index in [9.17, 15) is 4.79 Å². The molecule has 0 bridgehead atoms. The SMILES string of the molecule is CC(C)(C)NC(=O)NCCc1nc2ccccc2o1. The average molecular weight is 261 g/mol. The van der Waals surface area contributed by atoms with E-state index in [4.69, 9.17) is 4.42 Å². The van der Waals surface area contributed by atoms with Gasteiger partial charge in [0.05, 0.1) is 0 Å². The quantitative estimate of drug-likeness (QED) is 0.892. The molecule has 0 unspecified atom stereocenters. The first kappa shape index (κ1) is 13.4. The molecule has 2 aromatic rings. The van der Waals surface area contributed by atoms with E-state index in [1.165, 1.54) is 0 Å². The molecule has 0 aliphatic rings. The van der Waals surface area contributed by atoms with Gasteiger partial charge in [-0.15, -0.1) is 0 Å². The standard InChI is InChI=1S/C14H19N3O2/c1-14(2,3)17-13(18)15-9-8-12-16-10-6-4-5-7-11(10)19-12/h4-7H,8-9H2,1-3H3,(H2,15,17,18). The van der Waals surface area contributed by atoms with Crippen molar-refractivity contribution in [1.29, 1.82) is 0 Å². The number of nitrogens with one attached hydrogen (secondary N) is 2. The fourth-order valence-electron chi connectivity index (χ4n) is 1.69. The van der Waals surface area contributed by atoms with Crippen LogP contribution in [0, 0.1) is 0 Å². The third-order valence-corrected chi connectivity index (χ3v) is 2.45. The van der Waals surface area contributed by atoms with Crippen LogP contribution in [0.5, 0.6) is 0 Å². The molecule has 1 aromatic carbocycles. The summed E-state index contributed by atoms with van der Waals surface area (Å²) >= 11 is 0. The highest BCUT2D eigenvalue weighted by atomic mass is 16.3. The van der Waals surface area contributed by atoms with Crippen molar-refractivity contribution in [2.24, 2.45) is 0 Å². The molecule has 1 heterocycles. The molecular formula is C14H19N3O2. The molecular weight excluding hydrogens is 242 g/mol. The Kier molecular flexibility index (Phi) is 3.74. The minimum atomic E-state index is -0.234. The zero-order valence-corrected chi connectivity index (χ0v) is 11.5. The third kappa shape index (κ3) is 3.98. The van der Waals surface area contributed by atoms with Crippen LogP contribution in [-0.2, 0) is 6.42 Å². The van der Waals surface area contributed by atoms with E-state index >= 15 is 0 Å². The number of amides is 2. The highest BCUT2D eigenvalue weighted by Gasteiger charge is 2.13. The van der Waals surface area contributed by atoms with Crippen molar-refractivity contribution in [2.75, 3.05) is 6.54 Å². The molecule has 0 atom stereocenters. The Balaban J connectivity index is 1.84. The van der Waals surface area contributed by atoms with Crippen molar-refractivity contribution in [2.45, 2.75) is 32.7 Å². The van der Waals surface area contributed by atoms with Gasteiger partial charge in [0.1, 0.15) is 5.52 Å². The van der Waals surface area contributed by atoms with E-state index in [1.54, 1.807) is 0 Å². The van der Waals surface area contributed by atoms with E-state index in [0.29, 0.717) is 18.9 Å². The van der Waals surface area contributed by atoms with Gasteiger partial charge in [-0.3, -0.25) is 0 Å². The number of carbonyl (C=O) groups is 1. The van der Waals surface area contributed by atoms with Gasteiger partial charge in [0, 0.05) is 18.5 Å². The van der Waals surface area contributed by atoms with E-state index in [-0.39, 0.29) is 11.6 Å². The van der Waals surface area contributed by atoms with E-state index in [0.717, 1.165) is 11.1 Å². The van der Waals surface area contributed by atoms with Crippen molar-refractivity contribution in [1.82, 2.24) is 15.6 Å². The van der Waals surface area contributed by atoms with Crippen molar-refractivity contribution >= 4 is 17.1 Å². The van der Waals surface area contributed by atoms with Gasteiger partial charge < -0.3 is 15.1 Å². The summed E-state index contributed by atoms with van der Waals surface area (Å²) in [6.45, 7) is 6.31. The smallest absolute Gasteiger partial charge is 0.315 e. The van der Waals surface area contributed by atoms with Crippen LogP contribution in [0.2, 0.25) is 0 Å². The van der Waals surface area contributed by atoms with Gasteiger partial charge in [0.25, 0.3) is 0 Å². The summed E-state index contributed by atoms with van der Waals surface area (Å²) < 4.78 is 5.57. The second-order valence-corrected chi connectivity index (χ2v) is 5.46. The normalized spacial score (nSPS) is 11.5. The van der Waals surface area contributed by atoms with Gasteiger partial charge in [-0.25, -0.2) is 9.78 Å². The van der Waals surface area contributed by atoms with Crippen LogP contribution in [-0.4, -0.2) is 23.1 Å². The predicted molar refractivity (Wildman–Crippen MR) is 74.0 cm³/mol. The second kappa shape index (κ2) is 5.30. The molecule has 5 heteroatoms. The summed E-state index contributed by atoms with van der Waals surface area (Å²) in [5.74, 6) is 0.636. The van der Waals surface area contributed by atoms with E-state index < -0.39 is 0 Å². The monoisotopic (exact) mass is 261 g/mol. The van der Waals surface area contributed by atoms with Crippen LogP contribution in [0.25, 0.3) is 11.1 Å². The minimum absolute atomic E-state index is 0.177. The lowest BCUT2D eigenvalue weighted by molar-refractivity contribution is 0.232. The maximum Gasteiger partial charge on any atom is 0.315 e. The number of rotatable bonds is 3. The van der Waals surface area contributed by atoms with E-state index in [1.807, 2.05) is 45.0 Å². The Morgan fingerprint density at radius 1 is 1.32 bits per heavy atom. The number of nitrogens with zero attached hydrogens (tertiary/aromatic N) is 1. The summed E-state index contributed by atoms with van der Waals surface area (Å²) in [6.07, 6.45) is 0.576. The van der Waals surface area contributed by atoms with Crippen LogP contribution >= 0.6 is 0 Å². The second-order valence-electron chi connectivity index (χ2n) is 5.46. The number of hydrogen-bond donors (Lipinski definition) is 2. The summed E-state index contributed by atoms with van der Waals surface area (Å²) in [7, 11) is 0. The van der Waals surface area contributed by atoms with Crippen molar-refractivity contribution in [3.8, 4) is 0 Å². The first-order valence-electron chi connectivity index (χ1n) is 6.34. The Labute approximate surface area is 112 Å². The first-order valence-corrected chi connectivity index (χ1v) is 6.34. The first-order chi connectivity index (χ1) is 8.94. The number of aromatic nitrogens is 1. The zero-order valence-electron chi connectivity index (χ0n) is 11.5. The largest absolute Gasteiger partial charge is 0.441 e. The molecule has 0 saturated carbocycles. The number of para-hydroxylation sites is 2. The molecule has 1 aromatic heterocycles. The lowest BCUT2D eigenvalue weighted by atomic mass is 10.1. The highest BCUT2D eigenvalue weighted by molar-refractivity contribution is 5.74. The molecule has 19 heavy (non-hydrogen) atoms. The molecule has 0 spiro atoms. The zero-order chi connectivity index (χ0) is 13.9. The summed E-state index contributed by atoms with van der Waals surface area (Å²) in [6, 6.07) is 7.44. The van der Waals surface area contributed by atoms with Gasteiger partial charge in [0.15, 0.2) is 11.5 Å². The molecule has 102 valence electrons. The van der Waals surface area contributed by atoms with Crippen LogP contribution < -0.4 is 10.6 Å². The Bertz CT molecular complexity index is 536. The van der Waals surface area contributed by atoms with Crippen LogP contribution in [0.15, 0.2) is 28.7 Å². The number of hydrogen-bond acceptors (Lipinski definition) is 3. The van der Waals surface area contributed by atoms with Crippen molar-refractivity contribution < 1.29 is 9.21 Å². The Hall–Kier alpha value is -2.04. The maximum atomic E-state index is 11.5. The highest BCUT2D eigenvalue weighted by Crippen LogP contribution is 2.14. The molecule has 2 rings (SSSR count). The molecule has 2 amide bonds.